The fourth-order valence-corrected chi connectivity index (χ4v) is 4.94. The van der Waals surface area contributed by atoms with Gasteiger partial charge in [0.25, 0.3) is 0 Å². The van der Waals surface area contributed by atoms with E-state index in [-0.39, 0.29) is 0 Å². The first-order valence-corrected chi connectivity index (χ1v) is 6.93. The Labute approximate surface area is 102 Å². The third kappa shape index (κ3) is 1.49. The Hall–Kier alpha value is -1.06. The van der Waals surface area contributed by atoms with Gasteiger partial charge in [-0.2, -0.15) is 0 Å². The summed E-state index contributed by atoms with van der Waals surface area (Å²) in [6.07, 6.45) is 9.04. The van der Waals surface area contributed by atoms with E-state index in [9.17, 15) is 0 Å². The van der Waals surface area contributed by atoms with Gasteiger partial charge in [-0.25, -0.2) is 4.68 Å². The highest BCUT2D eigenvalue weighted by Gasteiger charge is 2.48. The first-order valence-electron chi connectivity index (χ1n) is 6.93. The largest absolute Gasteiger partial charge is 0.383 e. The number of anilines is 1. The van der Waals surface area contributed by atoms with Crippen molar-refractivity contribution in [1.29, 1.82) is 0 Å². The van der Waals surface area contributed by atoms with Crippen molar-refractivity contribution in [2.75, 3.05) is 5.73 Å². The highest BCUT2D eigenvalue weighted by atomic mass is 15.4. The summed E-state index contributed by atoms with van der Waals surface area (Å²) in [5.41, 5.74) is 5.88. The van der Waals surface area contributed by atoms with Crippen molar-refractivity contribution in [2.45, 2.75) is 38.6 Å². The molecule has 1 heterocycles. The Morgan fingerprint density at radius 3 is 2.29 bits per heavy atom. The van der Waals surface area contributed by atoms with Crippen molar-refractivity contribution in [1.82, 2.24) is 15.0 Å². The number of rotatable bonds is 2. The molecule has 1 aromatic rings. The molecule has 4 aliphatic carbocycles. The average molecular weight is 232 g/mol. The van der Waals surface area contributed by atoms with Crippen LogP contribution in [0.1, 0.15) is 32.1 Å². The summed E-state index contributed by atoms with van der Waals surface area (Å²) in [5.74, 6) is 5.50. The van der Waals surface area contributed by atoms with Crippen molar-refractivity contribution >= 4 is 5.82 Å². The smallest absolute Gasteiger partial charge is 0.142 e. The molecule has 4 heteroatoms. The highest BCUT2D eigenvalue weighted by molar-refractivity contribution is 5.22. The molecule has 92 valence electrons. The Kier molecular flexibility index (Phi) is 2.02. The van der Waals surface area contributed by atoms with E-state index in [2.05, 4.69) is 10.3 Å². The van der Waals surface area contributed by atoms with E-state index in [0.29, 0.717) is 0 Å². The molecule has 4 aliphatic rings. The molecule has 0 radical (unpaired) electrons. The van der Waals surface area contributed by atoms with Crippen LogP contribution in [0.25, 0.3) is 0 Å². The topological polar surface area (TPSA) is 56.7 Å². The van der Waals surface area contributed by atoms with E-state index in [0.717, 1.165) is 42.0 Å². The van der Waals surface area contributed by atoms with Crippen molar-refractivity contribution in [3.63, 3.8) is 0 Å². The molecule has 2 N–H and O–H groups in total. The zero-order chi connectivity index (χ0) is 11.4. The zero-order valence-corrected chi connectivity index (χ0v) is 10.1. The summed E-state index contributed by atoms with van der Waals surface area (Å²) < 4.78 is 1.91. The molecule has 0 unspecified atom stereocenters. The molecule has 0 saturated heterocycles. The van der Waals surface area contributed by atoms with Gasteiger partial charge in [0, 0.05) is 6.54 Å². The second-order valence-electron chi connectivity index (χ2n) is 6.44. The number of nitrogen functional groups attached to an aromatic ring is 1. The molecule has 4 bridgehead atoms. The van der Waals surface area contributed by atoms with Gasteiger partial charge in [-0.15, -0.1) is 5.10 Å². The van der Waals surface area contributed by atoms with E-state index in [1.807, 2.05) is 4.68 Å². The van der Waals surface area contributed by atoms with Crippen LogP contribution in [0, 0.1) is 29.6 Å². The summed E-state index contributed by atoms with van der Waals surface area (Å²) in [4.78, 5) is 0. The predicted octanol–water partition coefficient (Wildman–Crippen LogP) is 1.93. The van der Waals surface area contributed by atoms with E-state index in [1.165, 1.54) is 32.1 Å². The van der Waals surface area contributed by atoms with Gasteiger partial charge in [0.1, 0.15) is 5.82 Å². The number of aromatic nitrogens is 3. The van der Waals surface area contributed by atoms with Gasteiger partial charge in [-0.1, -0.05) is 5.21 Å². The molecule has 0 aromatic carbocycles. The summed E-state index contributed by atoms with van der Waals surface area (Å²) in [6.45, 7) is 1.00. The van der Waals surface area contributed by atoms with Crippen LogP contribution >= 0.6 is 0 Å². The molecule has 0 amide bonds. The molecule has 0 aliphatic heterocycles. The molecule has 0 atom stereocenters. The summed E-state index contributed by atoms with van der Waals surface area (Å²) in [5, 5.41) is 8.00. The molecule has 4 saturated carbocycles. The van der Waals surface area contributed by atoms with Crippen molar-refractivity contribution in [3.8, 4) is 0 Å². The average Bonchev–Trinajstić information content (AvgIpc) is 2.68. The fraction of sp³-hybridized carbons (Fsp3) is 0.846. The summed E-state index contributed by atoms with van der Waals surface area (Å²) in [6, 6.07) is 0. The normalized spacial score (nSPS) is 43.2. The Balaban J connectivity index is 1.57. The molecule has 4 nitrogen and oxygen atoms in total. The van der Waals surface area contributed by atoms with Gasteiger partial charge in [-0.05, 0) is 61.7 Å². The minimum absolute atomic E-state index is 0.721. The van der Waals surface area contributed by atoms with Gasteiger partial charge in [0.05, 0.1) is 6.20 Å². The molecule has 4 fully saturated rings. The first-order chi connectivity index (χ1) is 8.29. The Morgan fingerprint density at radius 1 is 1.12 bits per heavy atom. The maximum atomic E-state index is 5.88. The molecule has 1 aromatic heterocycles. The lowest BCUT2D eigenvalue weighted by atomic mass is 9.52. The third-order valence-electron chi connectivity index (χ3n) is 5.45. The number of hydrogen-bond acceptors (Lipinski definition) is 3. The van der Waals surface area contributed by atoms with E-state index < -0.39 is 0 Å². The molecule has 17 heavy (non-hydrogen) atoms. The summed E-state index contributed by atoms with van der Waals surface area (Å²) in [7, 11) is 0. The molecule has 5 rings (SSSR count). The van der Waals surface area contributed by atoms with Gasteiger partial charge >= 0.3 is 0 Å². The Morgan fingerprint density at radius 2 is 1.76 bits per heavy atom. The molecular weight excluding hydrogens is 212 g/mol. The van der Waals surface area contributed by atoms with Gasteiger partial charge in [-0.3, -0.25) is 0 Å². The van der Waals surface area contributed by atoms with E-state index in [1.54, 1.807) is 6.20 Å². The van der Waals surface area contributed by atoms with Crippen molar-refractivity contribution in [3.05, 3.63) is 6.20 Å². The highest BCUT2D eigenvalue weighted by Crippen LogP contribution is 2.56. The predicted molar refractivity (Wildman–Crippen MR) is 65.0 cm³/mol. The maximum Gasteiger partial charge on any atom is 0.142 e. The van der Waals surface area contributed by atoms with Crippen LogP contribution < -0.4 is 5.73 Å². The maximum absolute atomic E-state index is 5.88. The van der Waals surface area contributed by atoms with Crippen LogP contribution in [0.5, 0.6) is 0 Å². The summed E-state index contributed by atoms with van der Waals surface area (Å²) >= 11 is 0. The standard InChI is InChI=1S/C13H20N4/c14-13-6-15-16-17(13)7-12-10-2-8-1-9(4-10)5-11(12)3-8/h6,8-12H,1-5,7,14H2. The van der Waals surface area contributed by atoms with Crippen LogP contribution in [-0.4, -0.2) is 15.0 Å². The van der Waals surface area contributed by atoms with Crippen LogP contribution in [-0.2, 0) is 6.54 Å². The third-order valence-corrected chi connectivity index (χ3v) is 5.45. The fourth-order valence-electron chi connectivity index (χ4n) is 4.94. The van der Waals surface area contributed by atoms with Gasteiger partial charge in [0.15, 0.2) is 0 Å². The van der Waals surface area contributed by atoms with Crippen molar-refractivity contribution in [2.24, 2.45) is 29.6 Å². The molecular formula is C13H20N4. The lowest BCUT2D eigenvalue weighted by molar-refractivity contribution is -0.0441. The van der Waals surface area contributed by atoms with E-state index >= 15 is 0 Å². The second-order valence-corrected chi connectivity index (χ2v) is 6.44. The van der Waals surface area contributed by atoms with Crippen LogP contribution in [0.3, 0.4) is 0 Å². The van der Waals surface area contributed by atoms with Gasteiger partial charge < -0.3 is 5.73 Å². The number of nitrogens with two attached hydrogens (primary N) is 1. The number of hydrogen-bond donors (Lipinski definition) is 1. The van der Waals surface area contributed by atoms with Crippen molar-refractivity contribution < 1.29 is 0 Å². The SMILES string of the molecule is Nc1cnnn1CC1C2CC3CC(C2)CC1C3. The lowest BCUT2D eigenvalue weighted by Crippen LogP contribution is -2.46. The lowest BCUT2D eigenvalue weighted by Gasteiger charge is -2.54. The first kappa shape index (κ1) is 9.92. The second kappa shape index (κ2) is 3.47. The van der Waals surface area contributed by atoms with Crippen LogP contribution in [0.4, 0.5) is 5.82 Å². The quantitative estimate of drug-likeness (QED) is 0.847. The van der Waals surface area contributed by atoms with Gasteiger partial charge in [0.2, 0.25) is 0 Å². The monoisotopic (exact) mass is 232 g/mol. The minimum Gasteiger partial charge on any atom is -0.383 e. The Bertz CT molecular complexity index is 397. The van der Waals surface area contributed by atoms with Crippen LogP contribution in [0.15, 0.2) is 6.20 Å². The van der Waals surface area contributed by atoms with Crippen LogP contribution in [0.2, 0.25) is 0 Å². The van der Waals surface area contributed by atoms with E-state index in [4.69, 9.17) is 5.73 Å². The number of nitrogens with zero attached hydrogens (tertiary/aromatic N) is 3. The minimum atomic E-state index is 0.721. The zero-order valence-electron chi connectivity index (χ0n) is 10.1. The molecule has 0 spiro atoms.